The number of nitrogens with one attached hydrogen (secondary N) is 1. The van der Waals surface area contributed by atoms with Gasteiger partial charge in [0.15, 0.2) is 0 Å². The lowest BCUT2D eigenvalue weighted by Crippen LogP contribution is -2.36. The third-order valence-electron chi connectivity index (χ3n) is 3.86. The standard InChI is InChI=1S/C17H18F2N2O3S/c18-14-3-1-13(2-4-14)12-25(22,23)20-17-11-15(5-6-16(17)19)21-7-9-24-10-8-21/h1-6,11,20H,7-10,12H2. The van der Waals surface area contributed by atoms with Gasteiger partial charge in [0.2, 0.25) is 10.0 Å². The maximum atomic E-state index is 14.0. The fraction of sp³-hybridized carbons (Fsp3) is 0.294. The van der Waals surface area contributed by atoms with E-state index >= 15 is 0 Å². The Kier molecular flexibility index (Phi) is 5.19. The highest BCUT2D eigenvalue weighted by atomic mass is 32.2. The van der Waals surface area contributed by atoms with Gasteiger partial charge in [0.25, 0.3) is 0 Å². The molecule has 0 atom stereocenters. The van der Waals surface area contributed by atoms with E-state index in [2.05, 4.69) is 4.72 Å². The average molecular weight is 368 g/mol. The van der Waals surface area contributed by atoms with Crippen LogP contribution in [0, 0.1) is 11.6 Å². The number of halogens is 2. The van der Waals surface area contributed by atoms with Crippen LogP contribution < -0.4 is 9.62 Å². The molecule has 3 rings (SSSR count). The highest BCUT2D eigenvalue weighted by molar-refractivity contribution is 7.91. The van der Waals surface area contributed by atoms with Gasteiger partial charge in [0.1, 0.15) is 11.6 Å². The third kappa shape index (κ3) is 4.67. The van der Waals surface area contributed by atoms with E-state index in [1.165, 1.54) is 36.4 Å². The largest absolute Gasteiger partial charge is 0.378 e. The zero-order valence-corrected chi connectivity index (χ0v) is 14.2. The number of benzene rings is 2. The van der Waals surface area contributed by atoms with E-state index in [0.29, 0.717) is 31.9 Å². The molecule has 0 aromatic heterocycles. The quantitative estimate of drug-likeness (QED) is 0.882. The van der Waals surface area contributed by atoms with Crippen molar-refractivity contribution in [2.24, 2.45) is 0 Å². The molecule has 1 saturated heterocycles. The second-order valence-corrected chi connectivity index (χ2v) is 7.47. The molecule has 0 amide bonds. The van der Waals surface area contributed by atoms with Gasteiger partial charge < -0.3 is 9.64 Å². The summed E-state index contributed by atoms with van der Waals surface area (Å²) in [6.45, 7) is 2.47. The summed E-state index contributed by atoms with van der Waals surface area (Å²) >= 11 is 0. The van der Waals surface area contributed by atoms with Gasteiger partial charge in [-0.15, -0.1) is 0 Å². The molecule has 0 spiro atoms. The molecular formula is C17H18F2N2O3S. The molecule has 1 aliphatic rings. The molecule has 8 heteroatoms. The van der Waals surface area contributed by atoms with Gasteiger partial charge in [0.05, 0.1) is 24.7 Å². The van der Waals surface area contributed by atoms with Crippen LogP contribution in [-0.4, -0.2) is 34.7 Å². The fourth-order valence-electron chi connectivity index (χ4n) is 2.61. The Labute approximate surface area is 145 Å². The number of rotatable bonds is 5. The molecule has 0 saturated carbocycles. The maximum absolute atomic E-state index is 14.0. The molecule has 1 N–H and O–H groups in total. The van der Waals surface area contributed by atoms with E-state index in [1.54, 1.807) is 6.07 Å². The molecule has 5 nitrogen and oxygen atoms in total. The van der Waals surface area contributed by atoms with Crippen molar-refractivity contribution < 1.29 is 21.9 Å². The summed E-state index contributed by atoms with van der Waals surface area (Å²) in [6.07, 6.45) is 0. The summed E-state index contributed by atoms with van der Waals surface area (Å²) in [5.74, 6) is -1.47. The van der Waals surface area contributed by atoms with Crippen molar-refractivity contribution in [1.29, 1.82) is 0 Å². The topological polar surface area (TPSA) is 58.6 Å². The van der Waals surface area contributed by atoms with Crippen LogP contribution in [0.2, 0.25) is 0 Å². The van der Waals surface area contributed by atoms with Crippen molar-refractivity contribution in [2.75, 3.05) is 35.9 Å². The minimum absolute atomic E-state index is 0.105. The molecule has 134 valence electrons. The zero-order chi connectivity index (χ0) is 17.9. The zero-order valence-electron chi connectivity index (χ0n) is 13.4. The molecule has 1 aliphatic heterocycles. The van der Waals surface area contributed by atoms with Gasteiger partial charge in [-0.3, -0.25) is 4.72 Å². The Bertz CT molecular complexity index is 835. The van der Waals surface area contributed by atoms with Crippen LogP contribution in [0.3, 0.4) is 0 Å². The maximum Gasteiger partial charge on any atom is 0.237 e. The smallest absolute Gasteiger partial charge is 0.237 e. The van der Waals surface area contributed by atoms with E-state index in [4.69, 9.17) is 4.74 Å². The van der Waals surface area contributed by atoms with Gasteiger partial charge in [-0.2, -0.15) is 0 Å². The first-order chi connectivity index (χ1) is 11.9. The number of ether oxygens (including phenoxy) is 1. The molecular weight excluding hydrogens is 350 g/mol. The number of nitrogens with zero attached hydrogens (tertiary/aromatic N) is 1. The average Bonchev–Trinajstić information content (AvgIpc) is 2.59. The second kappa shape index (κ2) is 7.37. The van der Waals surface area contributed by atoms with Crippen molar-refractivity contribution >= 4 is 21.4 Å². The molecule has 0 radical (unpaired) electrons. The van der Waals surface area contributed by atoms with Crippen molar-refractivity contribution in [3.63, 3.8) is 0 Å². The monoisotopic (exact) mass is 368 g/mol. The molecule has 1 heterocycles. The summed E-state index contributed by atoms with van der Waals surface area (Å²) in [5.41, 5.74) is 1.04. The third-order valence-corrected chi connectivity index (χ3v) is 5.11. The fourth-order valence-corrected chi connectivity index (χ4v) is 3.81. The highest BCUT2D eigenvalue weighted by Crippen LogP contribution is 2.25. The van der Waals surface area contributed by atoms with Crippen LogP contribution in [0.25, 0.3) is 0 Å². The Morgan fingerprint density at radius 3 is 2.40 bits per heavy atom. The Hall–Kier alpha value is -2.19. The lowest BCUT2D eigenvalue weighted by molar-refractivity contribution is 0.122. The molecule has 0 unspecified atom stereocenters. The number of hydrogen-bond donors (Lipinski definition) is 1. The minimum Gasteiger partial charge on any atom is -0.378 e. The Morgan fingerprint density at radius 2 is 1.72 bits per heavy atom. The van der Waals surface area contributed by atoms with Crippen LogP contribution in [0.5, 0.6) is 0 Å². The molecule has 2 aromatic carbocycles. The molecule has 0 bridgehead atoms. The number of morpholine rings is 1. The Morgan fingerprint density at radius 1 is 1.04 bits per heavy atom. The molecule has 1 fully saturated rings. The minimum atomic E-state index is -3.83. The first kappa shape index (κ1) is 17.6. The normalized spacial score (nSPS) is 15.2. The molecule has 2 aromatic rings. The molecule has 0 aliphatic carbocycles. The van der Waals surface area contributed by atoms with Gasteiger partial charge in [-0.1, -0.05) is 12.1 Å². The van der Waals surface area contributed by atoms with Gasteiger partial charge in [0, 0.05) is 18.8 Å². The SMILES string of the molecule is O=S(=O)(Cc1ccc(F)cc1)Nc1cc(N2CCOCC2)ccc1F. The lowest BCUT2D eigenvalue weighted by Gasteiger charge is -2.29. The highest BCUT2D eigenvalue weighted by Gasteiger charge is 2.17. The van der Waals surface area contributed by atoms with Gasteiger partial charge in [-0.05, 0) is 35.9 Å². The lowest BCUT2D eigenvalue weighted by atomic mass is 10.2. The first-order valence-corrected chi connectivity index (χ1v) is 9.45. The summed E-state index contributed by atoms with van der Waals surface area (Å²) in [7, 11) is -3.83. The van der Waals surface area contributed by atoms with Crippen molar-refractivity contribution in [3.05, 3.63) is 59.7 Å². The summed E-state index contributed by atoms with van der Waals surface area (Å²) in [6, 6.07) is 9.46. The number of sulfonamides is 1. The van der Waals surface area contributed by atoms with E-state index in [-0.39, 0.29) is 11.4 Å². The van der Waals surface area contributed by atoms with Crippen molar-refractivity contribution in [1.82, 2.24) is 0 Å². The predicted molar refractivity (Wildman–Crippen MR) is 92.1 cm³/mol. The van der Waals surface area contributed by atoms with Crippen LogP contribution >= 0.6 is 0 Å². The van der Waals surface area contributed by atoms with Crippen molar-refractivity contribution in [3.8, 4) is 0 Å². The van der Waals surface area contributed by atoms with E-state index in [9.17, 15) is 17.2 Å². The summed E-state index contributed by atoms with van der Waals surface area (Å²) < 4.78 is 59.1. The van der Waals surface area contributed by atoms with Gasteiger partial charge >= 0.3 is 0 Å². The van der Waals surface area contributed by atoms with E-state index < -0.39 is 21.7 Å². The Balaban J connectivity index is 1.77. The molecule has 25 heavy (non-hydrogen) atoms. The van der Waals surface area contributed by atoms with Crippen LogP contribution in [0.4, 0.5) is 20.2 Å². The number of hydrogen-bond acceptors (Lipinski definition) is 4. The van der Waals surface area contributed by atoms with Crippen LogP contribution in [0.15, 0.2) is 42.5 Å². The predicted octanol–water partition coefficient (Wildman–Crippen LogP) is 2.74. The second-order valence-electron chi connectivity index (χ2n) is 5.75. The first-order valence-electron chi connectivity index (χ1n) is 7.80. The number of anilines is 2. The summed E-state index contributed by atoms with van der Waals surface area (Å²) in [5, 5.41) is 0. The van der Waals surface area contributed by atoms with E-state index in [1.807, 2.05) is 4.90 Å². The van der Waals surface area contributed by atoms with Crippen molar-refractivity contribution in [2.45, 2.75) is 5.75 Å². The van der Waals surface area contributed by atoms with Gasteiger partial charge in [-0.25, -0.2) is 17.2 Å². The summed E-state index contributed by atoms with van der Waals surface area (Å²) in [4.78, 5) is 2.00. The van der Waals surface area contributed by atoms with E-state index in [0.717, 1.165) is 5.69 Å². The van der Waals surface area contributed by atoms with Crippen LogP contribution in [0.1, 0.15) is 5.56 Å². The van der Waals surface area contributed by atoms with Crippen LogP contribution in [-0.2, 0) is 20.5 Å².